The molecule has 1 heterocycles. The summed E-state index contributed by atoms with van der Waals surface area (Å²) in [7, 11) is 1.60. The maximum atomic E-state index is 13.0. The molecule has 3 aromatic carbocycles. The van der Waals surface area contributed by atoms with Crippen LogP contribution in [0.4, 0.5) is 5.69 Å². The number of amides is 1. The van der Waals surface area contributed by atoms with E-state index in [9.17, 15) is 4.79 Å². The molecule has 32 heavy (non-hydrogen) atoms. The van der Waals surface area contributed by atoms with Crippen molar-refractivity contribution in [3.63, 3.8) is 0 Å². The number of carbonyl (C=O) groups is 1. The first kappa shape index (κ1) is 22.6. The number of nitrogens with zero attached hydrogens (tertiary/aromatic N) is 1. The van der Waals surface area contributed by atoms with Gasteiger partial charge in [-0.05, 0) is 48.4 Å². The number of para-hydroxylation sites is 1. The van der Waals surface area contributed by atoms with E-state index in [1.807, 2.05) is 60.7 Å². The molecule has 1 saturated heterocycles. The number of rotatable bonds is 6. The van der Waals surface area contributed by atoms with Crippen LogP contribution in [0.25, 0.3) is 6.08 Å². The van der Waals surface area contributed by atoms with Gasteiger partial charge in [0, 0.05) is 4.47 Å². The fourth-order valence-electron chi connectivity index (χ4n) is 3.31. The molecule has 7 heteroatoms. The zero-order valence-electron chi connectivity index (χ0n) is 17.5. The molecule has 1 aliphatic heterocycles. The number of ether oxygens (including phenoxy) is 2. The number of thiocarbonyl (C=S) groups is 1. The molecule has 0 aromatic heterocycles. The summed E-state index contributed by atoms with van der Waals surface area (Å²) in [4.78, 5) is 15.1. The summed E-state index contributed by atoms with van der Waals surface area (Å²) in [6.07, 6.45) is 1.82. The van der Waals surface area contributed by atoms with Crippen molar-refractivity contribution in [3.8, 4) is 11.5 Å². The Balaban J connectivity index is 1.58. The molecule has 4 rings (SSSR count). The first-order valence-electron chi connectivity index (χ1n) is 9.85. The maximum Gasteiger partial charge on any atom is 0.270 e. The minimum Gasteiger partial charge on any atom is -0.493 e. The molecule has 0 N–H and O–H groups in total. The summed E-state index contributed by atoms with van der Waals surface area (Å²) in [5.41, 5.74) is 3.83. The normalized spacial score (nSPS) is 14.8. The highest BCUT2D eigenvalue weighted by molar-refractivity contribution is 9.10. The lowest BCUT2D eigenvalue weighted by atomic mass is 10.1. The second-order valence-electron chi connectivity index (χ2n) is 7.15. The monoisotopic (exact) mass is 525 g/mol. The van der Waals surface area contributed by atoms with Gasteiger partial charge in [-0.25, -0.2) is 0 Å². The Morgan fingerprint density at radius 3 is 2.56 bits per heavy atom. The predicted molar refractivity (Wildman–Crippen MR) is 138 cm³/mol. The first-order valence-corrected chi connectivity index (χ1v) is 11.9. The summed E-state index contributed by atoms with van der Waals surface area (Å²) in [5, 5.41) is 0. The fraction of sp³-hybridized carbons (Fsp3) is 0.120. The third kappa shape index (κ3) is 4.90. The van der Waals surface area contributed by atoms with Crippen molar-refractivity contribution in [1.82, 2.24) is 0 Å². The van der Waals surface area contributed by atoms with Gasteiger partial charge in [-0.3, -0.25) is 9.69 Å². The van der Waals surface area contributed by atoms with Crippen LogP contribution in [-0.2, 0) is 11.4 Å². The Hall–Kier alpha value is -2.61. The van der Waals surface area contributed by atoms with Gasteiger partial charge in [0.15, 0.2) is 15.8 Å². The standard InChI is InChI=1S/C25H20BrNO3S2/c1-16-7-6-8-17(11-16)15-30-22-14-20(26)18(12-21(22)29-2)13-23-24(28)27(25(31)32-23)19-9-4-3-5-10-19/h3-14H,15H2,1-2H3/b23-13+. The van der Waals surface area contributed by atoms with E-state index < -0.39 is 0 Å². The highest BCUT2D eigenvalue weighted by atomic mass is 79.9. The fourth-order valence-corrected chi connectivity index (χ4v) is 5.03. The van der Waals surface area contributed by atoms with Crippen LogP contribution in [0.2, 0.25) is 0 Å². The molecule has 0 bridgehead atoms. The molecule has 0 unspecified atom stereocenters. The van der Waals surface area contributed by atoms with Gasteiger partial charge in [0.2, 0.25) is 0 Å². The van der Waals surface area contributed by atoms with Crippen molar-refractivity contribution in [2.24, 2.45) is 0 Å². The van der Waals surface area contributed by atoms with Crippen molar-refractivity contribution in [2.75, 3.05) is 12.0 Å². The molecule has 1 amide bonds. The Morgan fingerprint density at radius 2 is 1.84 bits per heavy atom. The quantitative estimate of drug-likeness (QED) is 0.263. The molecule has 1 aliphatic rings. The lowest BCUT2D eigenvalue weighted by Gasteiger charge is -2.14. The van der Waals surface area contributed by atoms with Crippen LogP contribution in [0.5, 0.6) is 11.5 Å². The number of hydrogen-bond acceptors (Lipinski definition) is 5. The number of hydrogen-bond donors (Lipinski definition) is 0. The average Bonchev–Trinajstić information content (AvgIpc) is 3.07. The molecule has 0 atom stereocenters. The van der Waals surface area contributed by atoms with Crippen molar-refractivity contribution < 1.29 is 14.3 Å². The maximum absolute atomic E-state index is 13.0. The van der Waals surface area contributed by atoms with Crippen molar-refractivity contribution >= 4 is 61.9 Å². The van der Waals surface area contributed by atoms with Crippen LogP contribution >= 0.6 is 39.9 Å². The number of halogens is 1. The molecular formula is C25H20BrNO3S2. The number of methoxy groups -OCH3 is 1. The van der Waals surface area contributed by atoms with Gasteiger partial charge in [0.1, 0.15) is 6.61 Å². The van der Waals surface area contributed by atoms with E-state index >= 15 is 0 Å². The number of benzene rings is 3. The molecule has 0 aliphatic carbocycles. The summed E-state index contributed by atoms with van der Waals surface area (Å²) in [6, 6.07) is 21.3. The lowest BCUT2D eigenvalue weighted by Crippen LogP contribution is -2.27. The van der Waals surface area contributed by atoms with E-state index in [1.165, 1.54) is 17.3 Å². The van der Waals surface area contributed by atoms with Gasteiger partial charge < -0.3 is 9.47 Å². The topological polar surface area (TPSA) is 38.8 Å². The Bertz CT molecular complexity index is 1210. The SMILES string of the molecule is COc1cc(/C=C2/SC(=S)N(c3ccccc3)C2=O)c(Br)cc1OCc1cccc(C)c1. The highest BCUT2D eigenvalue weighted by Gasteiger charge is 2.33. The average molecular weight is 526 g/mol. The van der Waals surface area contributed by atoms with E-state index in [0.29, 0.717) is 27.3 Å². The summed E-state index contributed by atoms with van der Waals surface area (Å²) < 4.78 is 12.9. The third-order valence-electron chi connectivity index (χ3n) is 4.85. The molecular weight excluding hydrogens is 506 g/mol. The van der Waals surface area contributed by atoms with E-state index in [0.717, 1.165) is 21.3 Å². The van der Waals surface area contributed by atoms with Gasteiger partial charge in [-0.2, -0.15) is 0 Å². The van der Waals surface area contributed by atoms with Gasteiger partial charge in [-0.1, -0.05) is 87.9 Å². The Morgan fingerprint density at radius 1 is 1.06 bits per heavy atom. The minimum absolute atomic E-state index is 0.142. The zero-order valence-corrected chi connectivity index (χ0v) is 20.7. The number of thioether (sulfide) groups is 1. The van der Waals surface area contributed by atoms with Crippen LogP contribution in [-0.4, -0.2) is 17.3 Å². The van der Waals surface area contributed by atoms with Gasteiger partial charge in [-0.15, -0.1) is 0 Å². The summed E-state index contributed by atoms with van der Waals surface area (Å²) >= 11 is 10.3. The Kier molecular flexibility index (Phi) is 6.98. The van der Waals surface area contributed by atoms with E-state index in [-0.39, 0.29) is 5.91 Å². The summed E-state index contributed by atoms with van der Waals surface area (Å²) in [5.74, 6) is 1.07. The number of anilines is 1. The molecule has 0 spiro atoms. The second-order valence-corrected chi connectivity index (χ2v) is 9.69. The van der Waals surface area contributed by atoms with Crippen LogP contribution < -0.4 is 14.4 Å². The van der Waals surface area contributed by atoms with E-state index in [1.54, 1.807) is 12.0 Å². The third-order valence-corrected chi connectivity index (χ3v) is 6.84. The number of aryl methyl sites for hydroxylation is 1. The summed E-state index contributed by atoms with van der Waals surface area (Å²) in [6.45, 7) is 2.48. The van der Waals surface area contributed by atoms with Crippen molar-refractivity contribution in [1.29, 1.82) is 0 Å². The molecule has 1 fully saturated rings. The second kappa shape index (κ2) is 9.90. The zero-order chi connectivity index (χ0) is 22.7. The lowest BCUT2D eigenvalue weighted by molar-refractivity contribution is -0.113. The van der Waals surface area contributed by atoms with Gasteiger partial charge in [0.25, 0.3) is 5.91 Å². The molecule has 162 valence electrons. The van der Waals surface area contributed by atoms with Gasteiger partial charge >= 0.3 is 0 Å². The molecule has 3 aromatic rings. The van der Waals surface area contributed by atoms with Gasteiger partial charge in [0.05, 0.1) is 17.7 Å². The molecule has 4 nitrogen and oxygen atoms in total. The molecule has 0 saturated carbocycles. The van der Waals surface area contributed by atoms with Crippen molar-refractivity contribution in [2.45, 2.75) is 13.5 Å². The molecule has 0 radical (unpaired) electrons. The van der Waals surface area contributed by atoms with Crippen LogP contribution in [0, 0.1) is 6.92 Å². The Labute approximate surface area is 205 Å². The number of carbonyl (C=O) groups excluding carboxylic acids is 1. The van der Waals surface area contributed by atoms with E-state index in [4.69, 9.17) is 21.7 Å². The largest absolute Gasteiger partial charge is 0.493 e. The smallest absolute Gasteiger partial charge is 0.270 e. The van der Waals surface area contributed by atoms with E-state index in [2.05, 4.69) is 35.0 Å². The predicted octanol–water partition coefficient (Wildman–Crippen LogP) is 6.75. The van der Waals surface area contributed by atoms with Crippen LogP contribution in [0.15, 0.2) is 76.1 Å². The van der Waals surface area contributed by atoms with Crippen LogP contribution in [0.1, 0.15) is 16.7 Å². The highest BCUT2D eigenvalue weighted by Crippen LogP contribution is 2.39. The minimum atomic E-state index is -0.142. The van der Waals surface area contributed by atoms with Crippen LogP contribution in [0.3, 0.4) is 0 Å². The van der Waals surface area contributed by atoms with Crippen molar-refractivity contribution in [3.05, 3.63) is 92.8 Å². The first-order chi connectivity index (χ1) is 15.5.